The highest BCUT2D eigenvalue weighted by Gasteiger charge is 2.41. The first kappa shape index (κ1) is 13.2. The molecule has 5 heteroatoms. The van der Waals surface area contributed by atoms with E-state index in [0.29, 0.717) is 18.8 Å². The van der Waals surface area contributed by atoms with Crippen LogP contribution in [0.4, 0.5) is 4.79 Å². The fraction of sp³-hybridized carbons (Fsp3) is 0.846. The molecular formula is C13H22N2O3. The number of carboxylic acids is 1. The molecule has 0 heterocycles. The number of hydrogen-bond acceptors (Lipinski definition) is 2. The molecule has 0 bridgehead atoms. The van der Waals surface area contributed by atoms with E-state index in [1.807, 2.05) is 6.92 Å². The van der Waals surface area contributed by atoms with Gasteiger partial charge < -0.3 is 15.7 Å². The van der Waals surface area contributed by atoms with Crippen LogP contribution in [0.25, 0.3) is 0 Å². The molecule has 2 amide bonds. The van der Waals surface area contributed by atoms with Gasteiger partial charge in [-0.05, 0) is 38.5 Å². The van der Waals surface area contributed by atoms with Crippen LogP contribution in [-0.4, -0.2) is 28.7 Å². The van der Waals surface area contributed by atoms with E-state index in [0.717, 1.165) is 32.1 Å². The molecular weight excluding hydrogens is 232 g/mol. The average Bonchev–Trinajstić information content (AvgIpc) is 3.13. The molecule has 2 saturated carbocycles. The lowest BCUT2D eigenvalue weighted by Gasteiger charge is -2.34. The fourth-order valence-electron chi connectivity index (χ4n) is 2.72. The van der Waals surface area contributed by atoms with Crippen molar-refractivity contribution in [2.45, 2.75) is 63.5 Å². The van der Waals surface area contributed by atoms with Crippen molar-refractivity contribution in [3.8, 4) is 0 Å². The number of carboxylic acid groups (broad SMARTS) is 1. The van der Waals surface area contributed by atoms with Crippen molar-refractivity contribution >= 4 is 12.0 Å². The second-order valence-corrected chi connectivity index (χ2v) is 5.67. The Labute approximate surface area is 107 Å². The first-order valence-corrected chi connectivity index (χ1v) is 6.85. The lowest BCUT2D eigenvalue weighted by Crippen LogP contribution is -2.59. The molecule has 2 aliphatic carbocycles. The van der Waals surface area contributed by atoms with Gasteiger partial charge in [0.15, 0.2) is 0 Å². The van der Waals surface area contributed by atoms with Crippen molar-refractivity contribution < 1.29 is 14.7 Å². The average molecular weight is 254 g/mol. The Balaban J connectivity index is 1.91. The molecule has 2 aliphatic rings. The maximum Gasteiger partial charge on any atom is 0.329 e. The van der Waals surface area contributed by atoms with Gasteiger partial charge in [0.1, 0.15) is 5.54 Å². The van der Waals surface area contributed by atoms with E-state index >= 15 is 0 Å². The zero-order valence-corrected chi connectivity index (χ0v) is 10.9. The van der Waals surface area contributed by atoms with Crippen molar-refractivity contribution in [2.75, 3.05) is 0 Å². The van der Waals surface area contributed by atoms with Crippen LogP contribution in [0, 0.1) is 5.92 Å². The highest BCUT2D eigenvalue weighted by Crippen LogP contribution is 2.32. The first-order valence-electron chi connectivity index (χ1n) is 6.85. The molecule has 1 atom stereocenters. The first-order chi connectivity index (χ1) is 8.53. The maximum atomic E-state index is 11.9. The Morgan fingerprint density at radius 2 is 1.83 bits per heavy atom. The molecule has 102 valence electrons. The van der Waals surface area contributed by atoms with Gasteiger partial charge in [-0.1, -0.05) is 19.3 Å². The molecule has 3 N–H and O–H groups in total. The van der Waals surface area contributed by atoms with Crippen LogP contribution in [0.1, 0.15) is 51.9 Å². The van der Waals surface area contributed by atoms with E-state index in [2.05, 4.69) is 10.6 Å². The molecule has 18 heavy (non-hydrogen) atoms. The van der Waals surface area contributed by atoms with E-state index in [9.17, 15) is 14.7 Å². The van der Waals surface area contributed by atoms with Gasteiger partial charge in [-0.15, -0.1) is 0 Å². The van der Waals surface area contributed by atoms with E-state index in [-0.39, 0.29) is 12.1 Å². The minimum absolute atomic E-state index is 0.138. The molecule has 0 radical (unpaired) electrons. The summed E-state index contributed by atoms with van der Waals surface area (Å²) >= 11 is 0. The summed E-state index contributed by atoms with van der Waals surface area (Å²) in [6, 6.07) is -0.196. The third-order valence-corrected chi connectivity index (χ3v) is 4.16. The monoisotopic (exact) mass is 254 g/mol. The van der Waals surface area contributed by atoms with Crippen molar-refractivity contribution in [1.82, 2.24) is 10.6 Å². The number of hydrogen-bond donors (Lipinski definition) is 3. The number of amides is 2. The molecule has 0 aromatic carbocycles. The number of rotatable bonds is 4. The topological polar surface area (TPSA) is 78.4 Å². The van der Waals surface area contributed by atoms with Gasteiger partial charge in [0, 0.05) is 6.04 Å². The van der Waals surface area contributed by atoms with Gasteiger partial charge in [0.25, 0.3) is 0 Å². The maximum absolute atomic E-state index is 11.9. The fourth-order valence-corrected chi connectivity index (χ4v) is 2.72. The van der Waals surface area contributed by atoms with Crippen molar-refractivity contribution in [2.24, 2.45) is 5.92 Å². The van der Waals surface area contributed by atoms with Crippen LogP contribution in [0.2, 0.25) is 0 Å². The largest absolute Gasteiger partial charge is 0.480 e. The highest BCUT2D eigenvalue weighted by atomic mass is 16.4. The number of carbonyl (C=O) groups is 2. The second-order valence-electron chi connectivity index (χ2n) is 5.67. The predicted molar refractivity (Wildman–Crippen MR) is 67.3 cm³/mol. The summed E-state index contributed by atoms with van der Waals surface area (Å²) in [6.45, 7) is 1.98. The minimum atomic E-state index is -1.05. The summed E-state index contributed by atoms with van der Waals surface area (Å²) in [6.07, 6.45) is 6.17. The highest BCUT2D eigenvalue weighted by molar-refractivity contribution is 5.86. The molecule has 1 unspecified atom stereocenters. The van der Waals surface area contributed by atoms with Crippen LogP contribution >= 0.6 is 0 Å². The van der Waals surface area contributed by atoms with Crippen LogP contribution < -0.4 is 10.6 Å². The Morgan fingerprint density at radius 3 is 2.33 bits per heavy atom. The van der Waals surface area contributed by atoms with Gasteiger partial charge in [0.05, 0.1) is 0 Å². The van der Waals surface area contributed by atoms with Crippen LogP contribution in [-0.2, 0) is 4.79 Å². The Hall–Kier alpha value is -1.26. The SMILES string of the molecule is CC(NC(=O)NC1(C(=O)O)CCCCC1)C1CC1. The summed E-state index contributed by atoms with van der Waals surface area (Å²) in [4.78, 5) is 23.3. The molecule has 0 saturated heterocycles. The summed E-state index contributed by atoms with van der Waals surface area (Å²) in [5, 5.41) is 14.9. The van der Waals surface area contributed by atoms with Crippen molar-refractivity contribution in [3.05, 3.63) is 0 Å². The Morgan fingerprint density at radius 1 is 1.22 bits per heavy atom. The number of carbonyl (C=O) groups excluding carboxylic acids is 1. The summed E-state index contributed by atoms with van der Waals surface area (Å²) < 4.78 is 0. The number of aliphatic carboxylic acids is 1. The summed E-state index contributed by atoms with van der Waals surface area (Å²) in [7, 11) is 0. The molecule has 0 aromatic heterocycles. The molecule has 0 aliphatic heterocycles. The zero-order chi connectivity index (χ0) is 13.2. The van der Waals surface area contributed by atoms with E-state index in [1.54, 1.807) is 0 Å². The van der Waals surface area contributed by atoms with Gasteiger partial charge in [-0.2, -0.15) is 0 Å². The van der Waals surface area contributed by atoms with Crippen LogP contribution in [0.15, 0.2) is 0 Å². The zero-order valence-electron chi connectivity index (χ0n) is 10.9. The third kappa shape index (κ3) is 2.94. The quantitative estimate of drug-likeness (QED) is 0.716. The van der Waals surface area contributed by atoms with Crippen LogP contribution in [0.5, 0.6) is 0 Å². The van der Waals surface area contributed by atoms with Gasteiger partial charge in [0.2, 0.25) is 0 Å². The molecule has 5 nitrogen and oxygen atoms in total. The third-order valence-electron chi connectivity index (χ3n) is 4.16. The summed E-state index contributed by atoms with van der Waals surface area (Å²) in [5.74, 6) is -0.334. The second kappa shape index (κ2) is 5.16. The summed E-state index contributed by atoms with van der Waals surface area (Å²) in [5.41, 5.74) is -1.05. The Kier molecular flexibility index (Phi) is 3.78. The van der Waals surface area contributed by atoms with Gasteiger partial charge in [-0.3, -0.25) is 0 Å². The smallest absolute Gasteiger partial charge is 0.329 e. The Bertz CT molecular complexity index is 333. The molecule has 2 rings (SSSR count). The number of urea groups is 1. The normalized spacial score (nSPS) is 24.1. The van der Waals surface area contributed by atoms with Crippen molar-refractivity contribution in [3.63, 3.8) is 0 Å². The van der Waals surface area contributed by atoms with Gasteiger partial charge in [-0.25, -0.2) is 9.59 Å². The van der Waals surface area contributed by atoms with E-state index < -0.39 is 11.5 Å². The number of nitrogens with one attached hydrogen (secondary N) is 2. The molecule has 2 fully saturated rings. The van der Waals surface area contributed by atoms with E-state index in [1.165, 1.54) is 0 Å². The van der Waals surface area contributed by atoms with Crippen LogP contribution in [0.3, 0.4) is 0 Å². The van der Waals surface area contributed by atoms with Gasteiger partial charge >= 0.3 is 12.0 Å². The molecule has 0 spiro atoms. The predicted octanol–water partition coefficient (Wildman–Crippen LogP) is 1.87. The van der Waals surface area contributed by atoms with E-state index in [4.69, 9.17) is 0 Å². The molecule has 0 aromatic rings. The van der Waals surface area contributed by atoms with Crippen molar-refractivity contribution in [1.29, 1.82) is 0 Å². The minimum Gasteiger partial charge on any atom is -0.480 e. The standard InChI is InChI=1S/C13H22N2O3/c1-9(10-5-6-10)14-12(18)15-13(11(16)17)7-3-2-4-8-13/h9-10H,2-8H2,1H3,(H,16,17)(H2,14,15,18). The lowest BCUT2D eigenvalue weighted by molar-refractivity contribution is -0.145. The lowest BCUT2D eigenvalue weighted by atomic mass is 9.82.